The van der Waals surface area contributed by atoms with Gasteiger partial charge >= 0.3 is 5.97 Å². The predicted octanol–water partition coefficient (Wildman–Crippen LogP) is 3.83. The largest absolute Gasteiger partial charge is 0.465 e. The Labute approximate surface area is 183 Å². The fraction of sp³-hybridized carbons (Fsp3) is 0.238. The molecule has 2 aromatic heterocycles. The maximum Gasteiger partial charge on any atom is 0.340 e. The SMILES string of the molecule is C=CCn1c(CCc2ccccc2)nnc1SCC(=O)Nc1sccc1C(=O)OC. The van der Waals surface area contributed by atoms with E-state index in [-0.39, 0.29) is 11.7 Å². The lowest BCUT2D eigenvalue weighted by molar-refractivity contribution is -0.113. The molecule has 1 aromatic carbocycles. The molecule has 30 heavy (non-hydrogen) atoms. The summed E-state index contributed by atoms with van der Waals surface area (Å²) in [6, 6.07) is 11.8. The van der Waals surface area contributed by atoms with Crippen molar-refractivity contribution in [2.24, 2.45) is 0 Å². The number of anilines is 1. The first-order valence-electron chi connectivity index (χ1n) is 9.27. The quantitative estimate of drug-likeness (QED) is 0.292. The molecule has 0 saturated carbocycles. The van der Waals surface area contributed by atoms with E-state index in [0.29, 0.717) is 22.3 Å². The van der Waals surface area contributed by atoms with Crippen LogP contribution in [-0.4, -0.2) is 39.5 Å². The predicted molar refractivity (Wildman–Crippen MR) is 119 cm³/mol. The average Bonchev–Trinajstić information content (AvgIpc) is 3.38. The van der Waals surface area contributed by atoms with Crippen molar-refractivity contribution in [3.8, 4) is 0 Å². The van der Waals surface area contributed by atoms with E-state index in [1.54, 1.807) is 17.5 Å². The van der Waals surface area contributed by atoms with E-state index in [1.165, 1.54) is 35.8 Å². The number of ether oxygens (including phenoxy) is 1. The summed E-state index contributed by atoms with van der Waals surface area (Å²) in [5.74, 6) is 0.291. The third kappa shape index (κ3) is 5.58. The lowest BCUT2D eigenvalue weighted by Crippen LogP contribution is -2.16. The molecule has 156 valence electrons. The second-order valence-electron chi connectivity index (χ2n) is 6.28. The van der Waals surface area contributed by atoms with Gasteiger partial charge in [-0.2, -0.15) is 0 Å². The number of thiophene rings is 1. The van der Waals surface area contributed by atoms with Crippen LogP contribution in [-0.2, 0) is 28.9 Å². The maximum absolute atomic E-state index is 12.4. The van der Waals surface area contributed by atoms with Crippen molar-refractivity contribution in [1.82, 2.24) is 14.8 Å². The average molecular weight is 443 g/mol. The number of thioether (sulfide) groups is 1. The van der Waals surface area contributed by atoms with Crippen LogP contribution in [0.2, 0.25) is 0 Å². The topological polar surface area (TPSA) is 86.1 Å². The number of rotatable bonds is 10. The molecule has 0 saturated heterocycles. The van der Waals surface area contributed by atoms with Crippen molar-refractivity contribution in [2.45, 2.75) is 24.5 Å². The van der Waals surface area contributed by atoms with E-state index in [0.717, 1.165) is 18.7 Å². The highest BCUT2D eigenvalue weighted by atomic mass is 32.2. The summed E-state index contributed by atoms with van der Waals surface area (Å²) < 4.78 is 6.70. The van der Waals surface area contributed by atoms with Gasteiger partial charge in [-0.25, -0.2) is 4.79 Å². The number of benzene rings is 1. The maximum atomic E-state index is 12.4. The zero-order valence-corrected chi connectivity index (χ0v) is 18.2. The summed E-state index contributed by atoms with van der Waals surface area (Å²) in [5, 5.41) is 14.2. The highest BCUT2D eigenvalue weighted by molar-refractivity contribution is 7.99. The molecule has 0 bridgehead atoms. The van der Waals surface area contributed by atoms with Crippen LogP contribution in [0.1, 0.15) is 21.7 Å². The molecule has 2 heterocycles. The van der Waals surface area contributed by atoms with Gasteiger partial charge in [0.2, 0.25) is 5.91 Å². The number of carbonyl (C=O) groups excluding carboxylic acids is 2. The molecule has 0 aliphatic carbocycles. The van der Waals surface area contributed by atoms with Gasteiger partial charge in [-0.05, 0) is 23.4 Å². The molecule has 0 aliphatic rings. The van der Waals surface area contributed by atoms with Crippen molar-refractivity contribution in [3.05, 3.63) is 71.4 Å². The normalized spacial score (nSPS) is 10.6. The minimum absolute atomic E-state index is 0.145. The monoisotopic (exact) mass is 442 g/mol. The Morgan fingerprint density at radius 1 is 1.23 bits per heavy atom. The van der Waals surface area contributed by atoms with Crippen molar-refractivity contribution in [1.29, 1.82) is 0 Å². The second-order valence-corrected chi connectivity index (χ2v) is 8.13. The van der Waals surface area contributed by atoms with Gasteiger partial charge < -0.3 is 14.6 Å². The van der Waals surface area contributed by atoms with Crippen LogP contribution in [0.15, 0.2) is 59.6 Å². The molecule has 0 unspecified atom stereocenters. The molecular formula is C21H22N4O3S2. The van der Waals surface area contributed by atoms with Crippen LogP contribution in [0.5, 0.6) is 0 Å². The summed E-state index contributed by atoms with van der Waals surface area (Å²) in [7, 11) is 1.31. The van der Waals surface area contributed by atoms with Gasteiger partial charge in [0.25, 0.3) is 0 Å². The smallest absolute Gasteiger partial charge is 0.340 e. The van der Waals surface area contributed by atoms with Gasteiger partial charge in [-0.15, -0.1) is 28.1 Å². The van der Waals surface area contributed by atoms with Gasteiger partial charge in [0.05, 0.1) is 18.4 Å². The van der Waals surface area contributed by atoms with E-state index in [2.05, 4.69) is 34.2 Å². The first-order chi connectivity index (χ1) is 14.6. The second kappa shape index (κ2) is 10.7. The molecular weight excluding hydrogens is 420 g/mol. The van der Waals surface area contributed by atoms with Crippen LogP contribution < -0.4 is 5.32 Å². The Morgan fingerprint density at radius 3 is 2.77 bits per heavy atom. The highest BCUT2D eigenvalue weighted by Crippen LogP contribution is 2.25. The molecule has 1 N–H and O–H groups in total. The van der Waals surface area contributed by atoms with Gasteiger partial charge in [0.15, 0.2) is 5.16 Å². The summed E-state index contributed by atoms with van der Waals surface area (Å²) in [6.45, 7) is 4.38. The van der Waals surface area contributed by atoms with Crippen LogP contribution in [0.4, 0.5) is 5.00 Å². The minimum atomic E-state index is -0.479. The van der Waals surface area contributed by atoms with Crippen LogP contribution in [0.3, 0.4) is 0 Å². The Bertz CT molecular complexity index is 1010. The first kappa shape index (κ1) is 21.8. The number of nitrogens with zero attached hydrogens (tertiary/aromatic N) is 3. The number of aryl methyl sites for hydroxylation is 2. The Balaban J connectivity index is 1.61. The van der Waals surface area contributed by atoms with E-state index >= 15 is 0 Å². The zero-order valence-electron chi connectivity index (χ0n) is 16.5. The standard InChI is InChI=1S/C21H22N4O3S2/c1-3-12-25-17(10-9-15-7-5-4-6-8-15)23-24-21(25)30-14-18(26)22-19-16(11-13-29-19)20(27)28-2/h3-8,11,13H,1,9-10,12,14H2,2H3,(H,22,26). The van der Waals surface area contributed by atoms with E-state index in [4.69, 9.17) is 4.74 Å². The first-order valence-corrected chi connectivity index (χ1v) is 11.1. The summed E-state index contributed by atoms with van der Waals surface area (Å²) in [5.41, 5.74) is 1.58. The molecule has 0 fully saturated rings. The molecule has 9 heteroatoms. The van der Waals surface area contributed by atoms with Gasteiger partial charge in [0.1, 0.15) is 10.8 Å². The number of methoxy groups -OCH3 is 1. The van der Waals surface area contributed by atoms with Crippen molar-refractivity contribution >= 4 is 40.0 Å². The van der Waals surface area contributed by atoms with E-state index in [9.17, 15) is 9.59 Å². The summed E-state index contributed by atoms with van der Waals surface area (Å²) >= 11 is 2.57. The summed E-state index contributed by atoms with van der Waals surface area (Å²) in [4.78, 5) is 24.1. The number of allylic oxidation sites excluding steroid dienone is 1. The van der Waals surface area contributed by atoms with Crippen molar-refractivity contribution in [3.63, 3.8) is 0 Å². The molecule has 3 rings (SSSR count). The van der Waals surface area contributed by atoms with Crippen LogP contribution >= 0.6 is 23.1 Å². The Hall–Kier alpha value is -2.91. The number of amides is 1. The number of esters is 1. The van der Waals surface area contributed by atoms with Gasteiger partial charge in [-0.3, -0.25) is 4.79 Å². The van der Waals surface area contributed by atoms with Crippen LogP contribution in [0, 0.1) is 0 Å². The molecule has 7 nitrogen and oxygen atoms in total. The lowest BCUT2D eigenvalue weighted by atomic mass is 10.1. The Kier molecular flexibility index (Phi) is 7.81. The molecule has 1 amide bonds. The number of aromatic nitrogens is 3. The zero-order chi connectivity index (χ0) is 21.3. The van der Waals surface area contributed by atoms with Crippen molar-refractivity contribution < 1.29 is 14.3 Å². The van der Waals surface area contributed by atoms with E-state index in [1.807, 2.05) is 22.8 Å². The number of nitrogens with one attached hydrogen (secondary N) is 1. The van der Waals surface area contributed by atoms with Crippen LogP contribution in [0.25, 0.3) is 0 Å². The fourth-order valence-electron chi connectivity index (χ4n) is 2.79. The molecule has 3 aromatic rings. The molecule has 0 aliphatic heterocycles. The van der Waals surface area contributed by atoms with Crippen molar-refractivity contribution in [2.75, 3.05) is 18.2 Å². The minimum Gasteiger partial charge on any atom is -0.465 e. The van der Waals surface area contributed by atoms with Gasteiger partial charge in [-0.1, -0.05) is 48.2 Å². The number of hydrogen-bond acceptors (Lipinski definition) is 7. The van der Waals surface area contributed by atoms with E-state index < -0.39 is 5.97 Å². The van der Waals surface area contributed by atoms with Gasteiger partial charge in [0, 0.05) is 13.0 Å². The summed E-state index contributed by atoms with van der Waals surface area (Å²) in [6.07, 6.45) is 3.39. The molecule has 0 atom stereocenters. The highest BCUT2D eigenvalue weighted by Gasteiger charge is 2.17. The third-order valence-corrected chi connectivity index (χ3v) is 6.04. The molecule has 0 spiro atoms. The Morgan fingerprint density at radius 2 is 2.03 bits per heavy atom. The molecule has 0 radical (unpaired) electrons. The third-order valence-electron chi connectivity index (χ3n) is 4.24. The fourth-order valence-corrected chi connectivity index (χ4v) is 4.35. The number of hydrogen-bond donors (Lipinski definition) is 1. The number of carbonyl (C=O) groups is 2. The lowest BCUT2D eigenvalue weighted by Gasteiger charge is -2.08.